The number of hydrogen-bond donors (Lipinski definition) is 1. The molecule has 0 spiro atoms. The minimum absolute atomic E-state index is 0.0393. The van der Waals surface area contributed by atoms with Crippen LogP contribution in [0.4, 0.5) is 6.01 Å². The standard InChI is InChI=1S/C12H19N3O2/c1-12(2)6-4-5-9(13-3)10(16)15(12)11-14-7-8-17-11/h7-9,13H,4-6H2,1-3H3. The van der Waals surface area contributed by atoms with E-state index in [2.05, 4.69) is 10.3 Å². The zero-order chi connectivity index (χ0) is 12.5. The summed E-state index contributed by atoms with van der Waals surface area (Å²) in [5, 5.41) is 3.06. The fraction of sp³-hybridized carbons (Fsp3) is 0.667. The van der Waals surface area contributed by atoms with Gasteiger partial charge in [0.1, 0.15) is 6.26 Å². The molecule has 0 aliphatic carbocycles. The highest BCUT2D eigenvalue weighted by Gasteiger charge is 2.40. The predicted octanol–water partition coefficient (Wildman–Crippen LogP) is 1.56. The summed E-state index contributed by atoms with van der Waals surface area (Å²) in [7, 11) is 1.81. The third-order valence-corrected chi connectivity index (χ3v) is 3.36. The molecular weight excluding hydrogens is 218 g/mol. The van der Waals surface area contributed by atoms with E-state index in [-0.39, 0.29) is 17.5 Å². The summed E-state index contributed by atoms with van der Waals surface area (Å²) in [4.78, 5) is 18.2. The maximum atomic E-state index is 12.5. The molecule has 1 unspecified atom stereocenters. The number of likely N-dealkylation sites (N-methyl/N-ethyl adjacent to an activating group) is 1. The largest absolute Gasteiger partial charge is 0.432 e. The van der Waals surface area contributed by atoms with Crippen LogP contribution < -0.4 is 10.2 Å². The quantitative estimate of drug-likeness (QED) is 0.848. The van der Waals surface area contributed by atoms with Crippen molar-refractivity contribution in [2.45, 2.75) is 44.7 Å². The third-order valence-electron chi connectivity index (χ3n) is 3.36. The molecule has 1 amide bonds. The van der Waals surface area contributed by atoms with Crippen LogP contribution in [-0.4, -0.2) is 29.5 Å². The molecule has 1 atom stereocenters. The van der Waals surface area contributed by atoms with E-state index in [1.54, 1.807) is 11.1 Å². The fourth-order valence-corrected chi connectivity index (χ4v) is 2.38. The average Bonchev–Trinajstić information content (AvgIpc) is 2.73. The molecule has 1 aromatic rings. The van der Waals surface area contributed by atoms with E-state index >= 15 is 0 Å². The van der Waals surface area contributed by atoms with Crippen LogP contribution in [0.2, 0.25) is 0 Å². The molecular formula is C12H19N3O2. The Morgan fingerprint density at radius 1 is 1.59 bits per heavy atom. The van der Waals surface area contributed by atoms with E-state index in [9.17, 15) is 4.79 Å². The molecule has 1 aliphatic heterocycles. The summed E-state index contributed by atoms with van der Waals surface area (Å²) in [6.07, 6.45) is 5.88. The van der Waals surface area contributed by atoms with Crippen molar-refractivity contribution < 1.29 is 9.21 Å². The Labute approximate surface area is 101 Å². The van der Waals surface area contributed by atoms with Gasteiger partial charge in [-0.25, -0.2) is 4.98 Å². The monoisotopic (exact) mass is 237 g/mol. The Bertz CT molecular complexity index is 386. The van der Waals surface area contributed by atoms with E-state index in [4.69, 9.17) is 4.42 Å². The van der Waals surface area contributed by atoms with Crippen LogP contribution in [0.25, 0.3) is 0 Å². The normalized spacial score (nSPS) is 24.8. The Kier molecular flexibility index (Phi) is 3.19. The second-order valence-corrected chi connectivity index (χ2v) is 5.03. The number of nitrogens with one attached hydrogen (secondary N) is 1. The number of carbonyl (C=O) groups excluding carboxylic acids is 1. The molecule has 5 nitrogen and oxygen atoms in total. The molecule has 1 saturated heterocycles. The number of hydrogen-bond acceptors (Lipinski definition) is 4. The van der Waals surface area contributed by atoms with E-state index in [0.717, 1.165) is 19.3 Å². The number of rotatable bonds is 2. The number of aromatic nitrogens is 1. The second-order valence-electron chi connectivity index (χ2n) is 5.03. The molecule has 0 radical (unpaired) electrons. The van der Waals surface area contributed by atoms with Gasteiger partial charge in [-0.2, -0.15) is 0 Å². The highest BCUT2D eigenvalue weighted by molar-refractivity contribution is 5.96. The Morgan fingerprint density at radius 2 is 2.35 bits per heavy atom. The Balaban J connectivity index is 2.37. The van der Waals surface area contributed by atoms with Crippen LogP contribution in [0.15, 0.2) is 16.9 Å². The van der Waals surface area contributed by atoms with E-state index < -0.39 is 0 Å². The highest BCUT2D eigenvalue weighted by Crippen LogP contribution is 2.31. The molecule has 1 N–H and O–H groups in total. The topological polar surface area (TPSA) is 58.4 Å². The number of anilines is 1. The van der Waals surface area contributed by atoms with Gasteiger partial charge >= 0.3 is 6.01 Å². The zero-order valence-electron chi connectivity index (χ0n) is 10.6. The van der Waals surface area contributed by atoms with Gasteiger partial charge in [0, 0.05) is 5.54 Å². The summed E-state index contributed by atoms with van der Waals surface area (Å²) in [5.74, 6) is 0.0393. The van der Waals surface area contributed by atoms with Gasteiger partial charge in [-0.3, -0.25) is 9.69 Å². The molecule has 0 bridgehead atoms. The van der Waals surface area contributed by atoms with Crippen LogP contribution in [0.3, 0.4) is 0 Å². The zero-order valence-corrected chi connectivity index (χ0v) is 10.6. The maximum Gasteiger partial charge on any atom is 0.304 e. The summed E-state index contributed by atoms with van der Waals surface area (Å²) in [6.45, 7) is 4.10. The first-order valence-corrected chi connectivity index (χ1v) is 5.97. The van der Waals surface area contributed by atoms with Crippen LogP contribution in [-0.2, 0) is 4.79 Å². The first kappa shape index (κ1) is 12.1. The van der Waals surface area contributed by atoms with Crippen LogP contribution in [0, 0.1) is 0 Å². The van der Waals surface area contributed by atoms with Crippen molar-refractivity contribution in [1.29, 1.82) is 0 Å². The molecule has 17 heavy (non-hydrogen) atoms. The maximum absolute atomic E-state index is 12.5. The van der Waals surface area contributed by atoms with Crippen molar-refractivity contribution in [3.05, 3.63) is 12.5 Å². The SMILES string of the molecule is CNC1CCCC(C)(C)N(c2ncco2)C1=O. The smallest absolute Gasteiger partial charge is 0.304 e. The van der Waals surface area contributed by atoms with Crippen LogP contribution >= 0.6 is 0 Å². The molecule has 5 heteroatoms. The van der Waals surface area contributed by atoms with Crippen molar-refractivity contribution in [3.8, 4) is 0 Å². The highest BCUT2D eigenvalue weighted by atomic mass is 16.4. The van der Waals surface area contributed by atoms with Gasteiger partial charge in [0.2, 0.25) is 5.91 Å². The van der Waals surface area contributed by atoms with Gasteiger partial charge in [-0.15, -0.1) is 0 Å². The van der Waals surface area contributed by atoms with Crippen LogP contribution in [0.5, 0.6) is 0 Å². The van der Waals surface area contributed by atoms with Crippen molar-refractivity contribution in [3.63, 3.8) is 0 Å². The van der Waals surface area contributed by atoms with Gasteiger partial charge < -0.3 is 9.73 Å². The van der Waals surface area contributed by atoms with E-state index in [1.807, 2.05) is 20.9 Å². The number of carbonyl (C=O) groups is 1. The van der Waals surface area contributed by atoms with Gasteiger partial charge in [0.15, 0.2) is 0 Å². The molecule has 0 saturated carbocycles. The van der Waals surface area contributed by atoms with Gasteiger partial charge in [-0.05, 0) is 40.2 Å². The van der Waals surface area contributed by atoms with Crippen molar-refractivity contribution >= 4 is 11.9 Å². The molecule has 1 fully saturated rings. The molecule has 1 aliphatic rings. The average molecular weight is 237 g/mol. The molecule has 1 aromatic heterocycles. The Hall–Kier alpha value is -1.36. The molecule has 94 valence electrons. The van der Waals surface area contributed by atoms with Crippen LogP contribution in [0.1, 0.15) is 33.1 Å². The van der Waals surface area contributed by atoms with Crippen molar-refractivity contribution in [2.24, 2.45) is 0 Å². The lowest BCUT2D eigenvalue weighted by Crippen LogP contribution is -2.52. The molecule has 2 rings (SSSR count). The first-order chi connectivity index (χ1) is 8.06. The van der Waals surface area contributed by atoms with E-state index in [1.165, 1.54) is 6.26 Å². The predicted molar refractivity (Wildman–Crippen MR) is 64.8 cm³/mol. The third kappa shape index (κ3) is 2.20. The van der Waals surface area contributed by atoms with E-state index in [0.29, 0.717) is 6.01 Å². The summed E-state index contributed by atoms with van der Waals surface area (Å²) in [6, 6.07) is 0.242. The summed E-state index contributed by atoms with van der Waals surface area (Å²) >= 11 is 0. The fourth-order valence-electron chi connectivity index (χ4n) is 2.38. The van der Waals surface area contributed by atoms with Crippen molar-refractivity contribution in [2.75, 3.05) is 11.9 Å². The minimum atomic E-state index is -0.256. The summed E-state index contributed by atoms with van der Waals surface area (Å²) in [5.41, 5.74) is -0.256. The van der Waals surface area contributed by atoms with Gasteiger partial charge in [-0.1, -0.05) is 0 Å². The number of oxazole rings is 1. The first-order valence-electron chi connectivity index (χ1n) is 5.97. The Morgan fingerprint density at radius 3 is 2.94 bits per heavy atom. The number of nitrogens with zero attached hydrogens (tertiary/aromatic N) is 2. The van der Waals surface area contributed by atoms with Gasteiger partial charge in [0.25, 0.3) is 0 Å². The lowest BCUT2D eigenvalue weighted by Gasteiger charge is -2.35. The lowest BCUT2D eigenvalue weighted by molar-refractivity contribution is -0.121. The van der Waals surface area contributed by atoms with Gasteiger partial charge in [0.05, 0.1) is 12.2 Å². The minimum Gasteiger partial charge on any atom is -0.432 e. The molecule has 2 heterocycles. The lowest BCUT2D eigenvalue weighted by atomic mass is 9.97. The summed E-state index contributed by atoms with van der Waals surface area (Å²) < 4.78 is 5.29. The number of amides is 1. The second kappa shape index (κ2) is 4.49. The van der Waals surface area contributed by atoms with Crippen molar-refractivity contribution in [1.82, 2.24) is 10.3 Å². The molecule has 0 aromatic carbocycles.